The fraction of sp³-hybridized carbons (Fsp3) is 0.190. The predicted molar refractivity (Wildman–Crippen MR) is 99.5 cm³/mol. The van der Waals surface area contributed by atoms with Crippen LogP contribution in [0, 0.1) is 12.7 Å². The molecule has 4 rings (SSSR count). The summed E-state index contributed by atoms with van der Waals surface area (Å²) in [6, 6.07) is 13.6. The van der Waals surface area contributed by atoms with E-state index in [9.17, 15) is 9.18 Å². The van der Waals surface area contributed by atoms with Gasteiger partial charge in [0.25, 0.3) is 0 Å². The minimum Gasteiger partial charge on any atom is -0.457 e. The molecule has 1 aromatic heterocycles. The van der Waals surface area contributed by atoms with E-state index in [0.717, 1.165) is 5.56 Å². The number of carbonyl (C=O) groups is 1. The van der Waals surface area contributed by atoms with Crippen molar-refractivity contribution in [2.45, 2.75) is 25.7 Å². The van der Waals surface area contributed by atoms with Gasteiger partial charge in [-0.2, -0.15) is 0 Å². The molecule has 6 heteroatoms. The van der Waals surface area contributed by atoms with E-state index in [1.54, 1.807) is 25.1 Å². The van der Waals surface area contributed by atoms with Crippen molar-refractivity contribution in [1.29, 1.82) is 0 Å². The number of carbonyl (C=O) groups excluding carboxylic acids is 1. The van der Waals surface area contributed by atoms with E-state index < -0.39 is 5.82 Å². The van der Waals surface area contributed by atoms with Crippen LogP contribution in [-0.2, 0) is 6.42 Å². The number of nitrogens with two attached hydrogens (primary N) is 1. The van der Waals surface area contributed by atoms with Crippen LogP contribution in [0.25, 0.3) is 0 Å². The quantitative estimate of drug-likeness (QED) is 0.754. The minimum absolute atomic E-state index is 0.0336. The third-order valence-corrected chi connectivity index (χ3v) is 4.72. The number of nitrogens with zero attached hydrogens (tertiary/aromatic N) is 2. The van der Waals surface area contributed by atoms with E-state index in [1.165, 1.54) is 12.1 Å². The Balaban J connectivity index is 1.72. The number of rotatable bonds is 3. The van der Waals surface area contributed by atoms with Crippen LogP contribution >= 0.6 is 0 Å². The molecule has 0 spiro atoms. The van der Waals surface area contributed by atoms with Crippen molar-refractivity contribution in [2.24, 2.45) is 0 Å². The van der Waals surface area contributed by atoms with Gasteiger partial charge in [-0.05, 0) is 37.1 Å². The predicted octanol–water partition coefficient (Wildman–Crippen LogP) is 4.21. The van der Waals surface area contributed by atoms with E-state index in [-0.39, 0.29) is 24.1 Å². The lowest BCUT2D eigenvalue weighted by Crippen LogP contribution is -2.23. The van der Waals surface area contributed by atoms with Crippen LogP contribution in [-0.4, -0.2) is 15.8 Å². The van der Waals surface area contributed by atoms with Gasteiger partial charge in [-0.15, -0.1) is 0 Å². The molecule has 0 saturated heterocycles. The molecule has 1 unspecified atom stereocenters. The summed E-state index contributed by atoms with van der Waals surface area (Å²) in [7, 11) is 0. The van der Waals surface area contributed by atoms with Crippen LogP contribution in [0.5, 0.6) is 11.5 Å². The number of hydrogen-bond acceptors (Lipinski definition) is 5. The van der Waals surface area contributed by atoms with E-state index in [0.29, 0.717) is 34.9 Å². The van der Waals surface area contributed by atoms with E-state index in [4.69, 9.17) is 10.5 Å². The molecule has 0 fully saturated rings. The SMILES string of the molecule is Cc1nc(N)nc2c1C(=O)CC(c1ccc(F)cc1Oc1ccccc1)C2. The van der Waals surface area contributed by atoms with Crippen LogP contribution in [0.3, 0.4) is 0 Å². The Hall–Kier alpha value is -3.28. The second kappa shape index (κ2) is 6.79. The number of nitrogen functional groups attached to an aromatic ring is 1. The molecule has 0 bridgehead atoms. The highest BCUT2D eigenvalue weighted by Gasteiger charge is 2.31. The number of anilines is 1. The molecule has 1 aliphatic carbocycles. The van der Waals surface area contributed by atoms with Crippen molar-refractivity contribution in [3.8, 4) is 11.5 Å². The molecule has 2 aromatic carbocycles. The van der Waals surface area contributed by atoms with Gasteiger partial charge in [0, 0.05) is 18.4 Å². The fourth-order valence-electron chi connectivity index (χ4n) is 3.57. The van der Waals surface area contributed by atoms with Gasteiger partial charge >= 0.3 is 0 Å². The average molecular weight is 363 g/mol. The largest absolute Gasteiger partial charge is 0.457 e. The third kappa shape index (κ3) is 3.38. The lowest BCUT2D eigenvalue weighted by atomic mass is 9.81. The molecule has 136 valence electrons. The molecule has 27 heavy (non-hydrogen) atoms. The van der Waals surface area contributed by atoms with E-state index in [1.807, 2.05) is 18.2 Å². The number of fused-ring (bicyclic) bond motifs is 1. The topological polar surface area (TPSA) is 78.1 Å². The highest BCUT2D eigenvalue weighted by Crippen LogP contribution is 2.39. The fourth-order valence-corrected chi connectivity index (χ4v) is 3.57. The van der Waals surface area contributed by atoms with Crippen LogP contribution in [0.15, 0.2) is 48.5 Å². The van der Waals surface area contributed by atoms with Crippen molar-refractivity contribution >= 4 is 11.7 Å². The van der Waals surface area contributed by atoms with Crippen LogP contribution in [0.2, 0.25) is 0 Å². The average Bonchev–Trinajstić information content (AvgIpc) is 2.61. The molecule has 0 aliphatic heterocycles. The zero-order valence-electron chi connectivity index (χ0n) is 14.8. The number of aryl methyl sites for hydroxylation is 1. The third-order valence-electron chi connectivity index (χ3n) is 4.72. The molecule has 0 radical (unpaired) electrons. The van der Waals surface area contributed by atoms with Crippen molar-refractivity contribution in [1.82, 2.24) is 9.97 Å². The van der Waals surface area contributed by atoms with Crippen LogP contribution in [0.1, 0.15) is 39.6 Å². The van der Waals surface area contributed by atoms with Crippen LogP contribution in [0.4, 0.5) is 10.3 Å². The molecule has 0 amide bonds. The van der Waals surface area contributed by atoms with Gasteiger partial charge < -0.3 is 10.5 Å². The molecule has 1 atom stereocenters. The maximum Gasteiger partial charge on any atom is 0.220 e. The number of aromatic nitrogens is 2. The first kappa shape index (κ1) is 17.1. The Morgan fingerprint density at radius 1 is 1.11 bits per heavy atom. The molecule has 0 saturated carbocycles. The van der Waals surface area contributed by atoms with E-state index in [2.05, 4.69) is 9.97 Å². The molecular weight excluding hydrogens is 345 g/mol. The van der Waals surface area contributed by atoms with Gasteiger partial charge in [0.1, 0.15) is 17.3 Å². The smallest absolute Gasteiger partial charge is 0.220 e. The molecule has 5 nitrogen and oxygen atoms in total. The lowest BCUT2D eigenvalue weighted by Gasteiger charge is -2.25. The van der Waals surface area contributed by atoms with Gasteiger partial charge in [-0.3, -0.25) is 4.79 Å². The number of ether oxygens (including phenoxy) is 1. The second-order valence-electron chi connectivity index (χ2n) is 6.61. The van der Waals surface area contributed by atoms with Gasteiger partial charge in [0.05, 0.1) is 17.0 Å². The number of para-hydroxylation sites is 1. The first-order chi connectivity index (χ1) is 13.0. The van der Waals surface area contributed by atoms with Crippen molar-refractivity contribution in [3.05, 3.63) is 76.9 Å². The summed E-state index contributed by atoms with van der Waals surface area (Å²) >= 11 is 0. The maximum atomic E-state index is 13.9. The van der Waals surface area contributed by atoms with Gasteiger partial charge in [0.15, 0.2) is 5.78 Å². The number of halogens is 1. The first-order valence-electron chi connectivity index (χ1n) is 8.70. The zero-order chi connectivity index (χ0) is 19.0. The van der Waals surface area contributed by atoms with Gasteiger partial charge in [-0.1, -0.05) is 24.3 Å². The Labute approximate surface area is 156 Å². The second-order valence-corrected chi connectivity index (χ2v) is 6.61. The zero-order valence-corrected chi connectivity index (χ0v) is 14.8. The Kier molecular flexibility index (Phi) is 4.32. The maximum absolute atomic E-state index is 13.9. The van der Waals surface area contributed by atoms with Crippen molar-refractivity contribution in [3.63, 3.8) is 0 Å². The Morgan fingerprint density at radius 3 is 2.67 bits per heavy atom. The Bertz CT molecular complexity index is 1020. The van der Waals surface area contributed by atoms with Crippen LogP contribution < -0.4 is 10.5 Å². The highest BCUT2D eigenvalue weighted by atomic mass is 19.1. The summed E-state index contributed by atoms with van der Waals surface area (Å²) in [4.78, 5) is 21.1. The Morgan fingerprint density at radius 2 is 1.89 bits per heavy atom. The van der Waals surface area contributed by atoms with E-state index >= 15 is 0 Å². The summed E-state index contributed by atoms with van der Waals surface area (Å²) < 4.78 is 19.8. The minimum atomic E-state index is -0.394. The summed E-state index contributed by atoms with van der Waals surface area (Å²) in [6.45, 7) is 1.76. The monoisotopic (exact) mass is 363 g/mol. The first-order valence-corrected chi connectivity index (χ1v) is 8.70. The standard InChI is InChI=1S/C21H18FN3O2/c1-12-20-17(25-21(23)24-12)9-13(10-18(20)26)16-8-7-14(22)11-19(16)27-15-5-3-2-4-6-15/h2-8,11,13H,9-10H2,1H3,(H2,23,24,25). The molecular formula is C21H18FN3O2. The number of Topliss-reactive ketones (excluding diaryl/α,β-unsaturated/α-hetero) is 1. The molecule has 2 N–H and O–H groups in total. The van der Waals surface area contributed by atoms with Crippen molar-refractivity contribution in [2.75, 3.05) is 5.73 Å². The molecule has 1 aliphatic rings. The molecule has 3 aromatic rings. The number of ketones is 1. The summed E-state index contributed by atoms with van der Waals surface area (Å²) in [5.41, 5.74) is 8.31. The summed E-state index contributed by atoms with van der Waals surface area (Å²) in [5.74, 6) is 0.566. The van der Waals surface area contributed by atoms with Gasteiger partial charge in [0.2, 0.25) is 5.95 Å². The normalized spacial score (nSPS) is 16.1. The van der Waals surface area contributed by atoms with Gasteiger partial charge in [-0.25, -0.2) is 14.4 Å². The molecule has 1 heterocycles. The highest BCUT2D eigenvalue weighted by molar-refractivity contribution is 5.99. The van der Waals surface area contributed by atoms with Crippen molar-refractivity contribution < 1.29 is 13.9 Å². The number of hydrogen-bond donors (Lipinski definition) is 1. The lowest BCUT2D eigenvalue weighted by molar-refractivity contribution is 0.0961. The summed E-state index contributed by atoms with van der Waals surface area (Å²) in [6.07, 6.45) is 0.809. The number of benzene rings is 2. The summed E-state index contributed by atoms with van der Waals surface area (Å²) in [5, 5.41) is 0.